The molecule has 0 bridgehead atoms. The van der Waals surface area contributed by atoms with Gasteiger partial charge in [0.2, 0.25) is 10.0 Å². The number of nitrogens with two attached hydrogens (primary N) is 1. The number of nitrogens with zero attached hydrogens (tertiary/aromatic N) is 2. The van der Waals surface area contributed by atoms with Crippen LogP contribution < -0.4 is 10.5 Å². The molecule has 1 atom stereocenters. The van der Waals surface area contributed by atoms with Crippen molar-refractivity contribution in [2.45, 2.75) is 63.9 Å². The Balaban J connectivity index is 2.16. The molecular weight excluding hydrogens is 276 g/mol. The number of anilines is 1. The highest BCUT2D eigenvalue weighted by atomic mass is 32.2. The van der Waals surface area contributed by atoms with Crippen LogP contribution in [0.1, 0.15) is 46.5 Å². The van der Waals surface area contributed by atoms with Crippen LogP contribution in [0.25, 0.3) is 0 Å². The maximum Gasteiger partial charge on any atom is 0.246 e. The van der Waals surface area contributed by atoms with E-state index in [0.29, 0.717) is 6.54 Å². The number of rotatable bonds is 4. The van der Waals surface area contributed by atoms with Gasteiger partial charge in [-0.05, 0) is 31.6 Å². The van der Waals surface area contributed by atoms with E-state index >= 15 is 0 Å². The number of aryl methyl sites for hydroxylation is 1. The summed E-state index contributed by atoms with van der Waals surface area (Å²) in [6, 6.07) is -0.0203. The lowest BCUT2D eigenvalue weighted by molar-refractivity contribution is 0.212. The Morgan fingerprint density at radius 3 is 2.80 bits per heavy atom. The van der Waals surface area contributed by atoms with Crippen molar-refractivity contribution in [2.75, 3.05) is 5.73 Å². The highest BCUT2D eigenvalue weighted by Gasteiger charge is 2.32. The fraction of sp³-hybridized carbons (Fsp3) is 0.769. The quantitative estimate of drug-likeness (QED) is 0.886. The Morgan fingerprint density at radius 2 is 2.25 bits per heavy atom. The molecule has 0 aromatic carbocycles. The van der Waals surface area contributed by atoms with E-state index < -0.39 is 10.0 Å². The number of hydrogen-bond donors (Lipinski definition) is 2. The molecule has 0 spiro atoms. The fourth-order valence-corrected chi connectivity index (χ4v) is 4.21. The molecule has 3 N–H and O–H groups in total. The first-order chi connectivity index (χ1) is 9.23. The Labute approximate surface area is 120 Å². The lowest BCUT2D eigenvalue weighted by Crippen LogP contribution is -2.40. The molecule has 1 unspecified atom stereocenters. The third-order valence-corrected chi connectivity index (χ3v) is 5.43. The Bertz CT molecular complexity index is 577. The van der Waals surface area contributed by atoms with Gasteiger partial charge in [0.15, 0.2) is 5.82 Å². The molecule has 1 aliphatic carbocycles. The molecule has 7 heteroatoms. The van der Waals surface area contributed by atoms with Crippen LogP contribution in [-0.2, 0) is 16.6 Å². The summed E-state index contributed by atoms with van der Waals surface area (Å²) in [4.78, 5) is 0.0859. The number of aromatic nitrogens is 2. The lowest BCUT2D eigenvalue weighted by Gasteiger charge is -2.35. The summed E-state index contributed by atoms with van der Waals surface area (Å²) >= 11 is 0. The van der Waals surface area contributed by atoms with Gasteiger partial charge in [-0.2, -0.15) is 5.10 Å². The normalized spacial score (nSPS) is 22.9. The molecule has 0 aliphatic heterocycles. The molecular formula is C13H24N4O2S. The molecule has 1 fully saturated rings. The monoisotopic (exact) mass is 300 g/mol. The van der Waals surface area contributed by atoms with Gasteiger partial charge in [-0.1, -0.05) is 20.3 Å². The third-order valence-electron chi connectivity index (χ3n) is 3.90. The Morgan fingerprint density at radius 1 is 1.55 bits per heavy atom. The highest BCUT2D eigenvalue weighted by Crippen LogP contribution is 2.35. The van der Waals surface area contributed by atoms with Crippen molar-refractivity contribution in [2.24, 2.45) is 5.41 Å². The van der Waals surface area contributed by atoms with Gasteiger partial charge < -0.3 is 5.73 Å². The van der Waals surface area contributed by atoms with Crippen molar-refractivity contribution in [3.8, 4) is 0 Å². The molecule has 20 heavy (non-hydrogen) atoms. The summed E-state index contributed by atoms with van der Waals surface area (Å²) < 4.78 is 29.2. The molecule has 0 saturated heterocycles. The van der Waals surface area contributed by atoms with Crippen molar-refractivity contribution in [3.63, 3.8) is 0 Å². The first-order valence-electron chi connectivity index (χ1n) is 7.09. The van der Waals surface area contributed by atoms with Crippen LogP contribution in [-0.4, -0.2) is 24.2 Å². The molecule has 0 amide bonds. The summed E-state index contributed by atoms with van der Waals surface area (Å²) in [7, 11) is -3.59. The van der Waals surface area contributed by atoms with E-state index in [1.54, 1.807) is 0 Å². The van der Waals surface area contributed by atoms with Gasteiger partial charge in [0, 0.05) is 18.8 Å². The van der Waals surface area contributed by atoms with Crippen LogP contribution in [0.15, 0.2) is 11.1 Å². The van der Waals surface area contributed by atoms with Crippen LogP contribution in [0.3, 0.4) is 0 Å². The smallest absolute Gasteiger partial charge is 0.246 e. The average Bonchev–Trinajstić information content (AvgIpc) is 2.69. The van der Waals surface area contributed by atoms with Crippen LogP contribution in [0.4, 0.5) is 5.82 Å². The second kappa shape index (κ2) is 5.37. The second-order valence-corrected chi connectivity index (χ2v) is 8.00. The molecule has 1 aromatic heterocycles. The minimum atomic E-state index is -3.59. The summed E-state index contributed by atoms with van der Waals surface area (Å²) in [6.07, 6.45) is 5.41. The van der Waals surface area contributed by atoms with Gasteiger partial charge >= 0.3 is 0 Å². The van der Waals surface area contributed by atoms with Crippen molar-refractivity contribution in [3.05, 3.63) is 6.20 Å². The van der Waals surface area contributed by atoms with E-state index in [2.05, 4.69) is 23.7 Å². The molecule has 1 aromatic rings. The molecule has 114 valence electrons. The molecule has 2 rings (SSSR count). The average molecular weight is 300 g/mol. The van der Waals surface area contributed by atoms with E-state index in [1.165, 1.54) is 10.9 Å². The van der Waals surface area contributed by atoms with E-state index in [1.807, 2.05) is 6.92 Å². The summed E-state index contributed by atoms with van der Waals surface area (Å²) in [5.74, 6) is 0.0643. The second-order valence-electron chi connectivity index (χ2n) is 6.31. The van der Waals surface area contributed by atoms with Gasteiger partial charge in [0.25, 0.3) is 0 Å². The van der Waals surface area contributed by atoms with Gasteiger partial charge in [-0.15, -0.1) is 0 Å². The molecule has 6 nitrogen and oxygen atoms in total. The number of nitrogens with one attached hydrogen (secondary N) is 1. The fourth-order valence-electron chi connectivity index (χ4n) is 2.87. The minimum Gasteiger partial charge on any atom is -0.381 e. The largest absolute Gasteiger partial charge is 0.381 e. The van der Waals surface area contributed by atoms with Crippen LogP contribution in [0, 0.1) is 5.41 Å². The Kier molecular flexibility index (Phi) is 4.11. The number of nitrogen functional groups attached to an aromatic ring is 1. The zero-order valence-electron chi connectivity index (χ0n) is 12.4. The maximum absolute atomic E-state index is 12.4. The molecule has 1 saturated carbocycles. The number of hydrogen-bond acceptors (Lipinski definition) is 4. The topological polar surface area (TPSA) is 90.0 Å². The van der Waals surface area contributed by atoms with Crippen LogP contribution in [0.5, 0.6) is 0 Å². The Hall–Kier alpha value is -1.08. The van der Waals surface area contributed by atoms with Crippen molar-refractivity contribution < 1.29 is 8.42 Å². The predicted molar refractivity (Wildman–Crippen MR) is 78.7 cm³/mol. The van der Waals surface area contributed by atoms with Gasteiger partial charge in [0.05, 0.1) is 0 Å². The SMILES string of the molecule is CCn1cc(S(=O)(=O)NC2CCCC(C)(C)C2)c(N)n1. The first-order valence-corrected chi connectivity index (χ1v) is 8.57. The van der Waals surface area contributed by atoms with Gasteiger partial charge in [-0.25, -0.2) is 13.1 Å². The summed E-state index contributed by atoms with van der Waals surface area (Å²) in [5, 5.41) is 3.99. The van der Waals surface area contributed by atoms with E-state index in [4.69, 9.17) is 5.73 Å². The van der Waals surface area contributed by atoms with Crippen LogP contribution in [0.2, 0.25) is 0 Å². The zero-order valence-corrected chi connectivity index (χ0v) is 13.2. The summed E-state index contributed by atoms with van der Waals surface area (Å²) in [6.45, 7) is 6.84. The third kappa shape index (κ3) is 3.32. The van der Waals surface area contributed by atoms with Gasteiger partial charge in [-0.3, -0.25) is 4.68 Å². The number of sulfonamides is 1. The van der Waals surface area contributed by atoms with Crippen LogP contribution >= 0.6 is 0 Å². The molecule has 0 radical (unpaired) electrons. The maximum atomic E-state index is 12.4. The molecule has 1 aliphatic rings. The zero-order chi connectivity index (χ0) is 15.0. The van der Waals surface area contributed by atoms with Gasteiger partial charge in [0.1, 0.15) is 4.90 Å². The van der Waals surface area contributed by atoms with Crippen molar-refractivity contribution >= 4 is 15.8 Å². The minimum absolute atomic E-state index is 0.0203. The summed E-state index contributed by atoms with van der Waals surface area (Å²) in [5.41, 5.74) is 5.90. The predicted octanol–water partition coefficient (Wildman–Crippen LogP) is 1.73. The standard InChI is InChI=1S/C13H24N4O2S/c1-4-17-9-11(12(14)15-17)20(18,19)16-10-6-5-7-13(2,3)8-10/h9-10,16H,4-8H2,1-3H3,(H2,14,15). The molecule has 1 heterocycles. The first kappa shape index (κ1) is 15.3. The van der Waals surface area contributed by atoms with E-state index in [-0.39, 0.29) is 22.2 Å². The highest BCUT2D eigenvalue weighted by molar-refractivity contribution is 7.89. The van der Waals surface area contributed by atoms with E-state index in [0.717, 1.165) is 25.7 Å². The van der Waals surface area contributed by atoms with Crippen molar-refractivity contribution in [1.29, 1.82) is 0 Å². The lowest BCUT2D eigenvalue weighted by atomic mass is 9.75. The van der Waals surface area contributed by atoms with E-state index in [9.17, 15) is 8.42 Å². The van der Waals surface area contributed by atoms with Crippen molar-refractivity contribution in [1.82, 2.24) is 14.5 Å².